The third kappa shape index (κ3) is 4.35. The zero-order chi connectivity index (χ0) is 16.2. The van der Waals surface area contributed by atoms with Gasteiger partial charge in [0, 0.05) is 12.1 Å². The van der Waals surface area contributed by atoms with Crippen LogP contribution in [0.4, 0.5) is 11.6 Å². The second kappa shape index (κ2) is 6.64. The van der Waals surface area contributed by atoms with E-state index in [0.717, 1.165) is 0 Å². The molecule has 1 aromatic carbocycles. The minimum Gasteiger partial charge on any atom is -0.330 e. The highest BCUT2D eigenvalue weighted by atomic mass is 32.2. The Kier molecular flexibility index (Phi) is 4.85. The summed E-state index contributed by atoms with van der Waals surface area (Å²) in [6, 6.07) is 5.44. The Morgan fingerprint density at radius 3 is 2.77 bits per heavy atom. The number of hydrogen-bond donors (Lipinski definition) is 4. The maximum absolute atomic E-state index is 11.5. The average molecular weight is 325 g/mol. The minimum atomic E-state index is -4.31. The van der Waals surface area contributed by atoms with Gasteiger partial charge < -0.3 is 11.1 Å². The number of aryl methyl sites for hydroxylation is 1. The van der Waals surface area contributed by atoms with Crippen LogP contribution in [0.1, 0.15) is 12.2 Å². The van der Waals surface area contributed by atoms with Crippen molar-refractivity contribution in [1.29, 1.82) is 0 Å². The third-order valence-corrected chi connectivity index (χ3v) is 3.55. The van der Waals surface area contributed by atoms with Crippen molar-refractivity contribution in [3.63, 3.8) is 0 Å². The quantitative estimate of drug-likeness (QED) is 0.544. The lowest BCUT2D eigenvalue weighted by Gasteiger charge is -2.07. The number of aromatic amines is 1. The number of nitrogens with zero attached hydrogens (tertiary/aromatic N) is 2. The van der Waals surface area contributed by atoms with Crippen molar-refractivity contribution in [1.82, 2.24) is 15.0 Å². The van der Waals surface area contributed by atoms with Crippen LogP contribution in [0.15, 0.2) is 34.0 Å². The molecule has 10 heteroatoms. The zero-order valence-electron chi connectivity index (χ0n) is 11.5. The maximum atomic E-state index is 11.5. The molecule has 0 unspecified atom stereocenters. The van der Waals surface area contributed by atoms with Gasteiger partial charge >= 0.3 is 5.69 Å². The molecule has 2 aromatic rings. The Hall–Kier alpha value is -2.30. The fourth-order valence-electron chi connectivity index (χ4n) is 1.74. The van der Waals surface area contributed by atoms with Crippen LogP contribution >= 0.6 is 0 Å². The van der Waals surface area contributed by atoms with Gasteiger partial charge in [0.1, 0.15) is 5.82 Å². The van der Waals surface area contributed by atoms with E-state index in [4.69, 9.17) is 10.3 Å². The Morgan fingerprint density at radius 1 is 1.32 bits per heavy atom. The number of nitrogens with two attached hydrogens (primary N) is 1. The Balaban J connectivity index is 2.27. The molecular formula is C12H15N5O4S. The van der Waals surface area contributed by atoms with E-state index in [2.05, 4.69) is 20.3 Å². The summed E-state index contributed by atoms with van der Waals surface area (Å²) in [5.41, 5.74) is 5.15. The first-order chi connectivity index (χ1) is 10.4. The van der Waals surface area contributed by atoms with Crippen molar-refractivity contribution in [2.45, 2.75) is 17.7 Å². The minimum absolute atomic E-state index is 0.0308. The summed E-state index contributed by atoms with van der Waals surface area (Å²) in [6.45, 7) is 0.463. The van der Waals surface area contributed by atoms with Crippen molar-refractivity contribution >= 4 is 21.8 Å². The molecule has 1 heterocycles. The van der Waals surface area contributed by atoms with E-state index < -0.39 is 15.8 Å². The van der Waals surface area contributed by atoms with Crippen molar-refractivity contribution < 1.29 is 13.0 Å². The van der Waals surface area contributed by atoms with Crippen molar-refractivity contribution in [3.8, 4) is 0 Å². The van der Waals surface area contributed by atoms with Crippen LogP contribution in [0.5, 0.6) is 0 Å². The molecule has 0 spiro atoms. The first-order valence-corrected chi connectivity index (χ1v) is 7.84. The lowest BCUT2D eigenvalue weighted by Crippen LogP contribution is -2.18. The number of benzene rings is 1. The monoisotopic (exact) mass is 325 g/mol. The van der Waals surface area contributed by atoms with Gasteiger partial charge in [0.15, 0.2) is 0 Å². The van der Waals surface area contributed by atoms with Crippen LogP contribution in [-0.4, -0.2) is 34.5 Å². The van der Waals surface area contributed by atoms with Crippen LogP contribution in [0.25, 0.3) is 0 Å². The van der Waals surface area contributed by atoms with E-state index in [-0.39, 0.29) is 10.8 Å². The van der Waals surface area contributed by atoms with Crippen LogP contribution in [-0.2, 0) is 16.5 Å². The van der Waals surface area contributed by atoms with Gasteiger partial charge in [-0.3, -0.25) is 9.54 Å². The van der Waals surface area contributed by atoms with Gasteiger partial charge in [-0.1, -0.05) is 6.07 Å². The number of aromatic nitrogens is 3. The number of nitrogens with one attached hydrogen (secondary N) is 2. The van der Waals surface area contributed by atoms with Crippen molar-refractivity contribution in [2.24, 2.45) is 5.73 Å². The topological polar surface area (TPSA) is 151 Å². The molecule has 0 saturated heterocycles. The van der Waals surface area contributed by atoms with Gasteiger partial charge in [-0.2, -0.15) is 18.4 Å². The molecule has 0 aliphatic rings. The predicted molar refractivity (Wildman–Crippen MR) is 79.6 cm³/mol. The van der Waals surface area contributed by atoms with E-state index in [1.165, 1.54) is 18.2 Å². The summed E-state index contributed by atoms with van der Waals surface area (Å²) < 4.78 is 31.2. The van der Waals surface area contributed by atoms with Crippen molar-refractivity contribution in [2.75, 3.05) is 11.9 Å². The van der Waals surface area contributed by atoms with Crippen molar-refractivity contribution in [3.05, 3.63) is 40.6 Å². The second-order valence-electron chi connectivity index (χ2n) is 4.44. The highest BCUT2D eigenvalue weighted by molar-refractivity contribution is 7.85. The first-order valence-electron chi connectivity index (χ1n) is 6.40. The number of hydrogen-bond acceptors (Lipinski definition) is 7. The molecule has 0 radical (unpaired) electrons. The molecule has 0 aliphatic heterocycles. The molecule has 9 nitrogen and oxygen atoms in total. The third-order valence-electron chi connectivity index (χ3n) is 2.71. The highest BCUT2D eigenvalue weighted by Gasteiger charge is 2.10. The summed E-state index contributed by atoms with van der Waals surface area (Å²) in [4.78, 5) is 21.5. The van der Waals surface area contributed by atoms with Gasteiger partial charge in [0.25, 0.3) is 10.1 Å². The zero-order valence-corrected chi connectivity index (χ0v) is 12.3. The van der Waals surface area contributed by atoms with Gasteiger partial charge in [0.05, 0.1) is 4.90 Å². The van der Waals surface area contributed by atoms with Gasteiger partial charge in [-0.15, -0.1) is 0 Å². The molecule has 0 bridgehead atoms. The van der Waals surface area contributed by atoms with Gasteiger partial charge in [0.2, 0.25) is 5.95 Å². The fourth-order valence-corrected chi connectivity index (χ4v) is 2.26. The average Bonchev–Trinajstić information content (AvgIpc) is 2.44. The Morgan fingerprint density at radius 2 is 2.09 bits per heavy atom. The van der Waals surface area contributed by atoms with Crippen LogP contribution < -0.4 is 16.7 Å². The lowest BCUT2D eigenvalue weighted by molar-refractivity contribution is 0.483. The van der Waals surface area contributed by atoms with E-state index in [1.54, 1.807) is 6.07 Å². The van der Waals surface area contributed by atoms with Gasteiger partial charge in [-0.25, -0.2) is 4.79 Å². The SMILES string of the molecule is NCCCc1nc(Nc2cccc(S(=O)(=O)O)c2)nc(=O)[nH]1. The smallest absolute Gasteiger partial charge is 0.330 e. The van der Waals surface area contributed by atoms with Crippen LogP contribution in [0, 0.1) is 0 Å². The standard InChI is InChI=1S/C12H15N5O4S/c13-6-2-5-10-15-11(17-12(18)16-10)14-8-3-1-4-9(7-8)22(19,20)21/h1,3-4,7H,2,5-6,13H2,(H,19,20,21)(H2,14,15,16,17,18). The first kappa shape index (κ1) is 16.1. The Labute approximate surface area is 126 Å². The van der Waals surface area contributed by atoms with E-state index >= 15 is 0 Å². The van der Waals surface area contributed by atoms with Crippen LogP contribution in [0.2, 0.25) is 0 Å². The molecule has 0 amide bonds. The molecule has 0 saturated carbocycles. The lowest BCUT2D eigenvalue weighted by atomic mass is 10.3. The number of H-pyrrole nitrogens is 1. The summed E-state index contributed by atoms with van der Waals surface area (Å²) >= 11 is 0. The molecule has 0 aliphatic carbocycles. The van der Waals surface area contributed by atoms with Gasteiger partial charge in [-0.05, 0) is 31.2 Å². The summed E-state index contributed by atoms with van der Waals surface area (Å²) in [7, 11) is -4.31. The largest absolute Gasteiger partial charge is 0.349 e. The molecule has 1 aromatic heterocycles. The predicted octanol–water partition coefficient (Wildman–Crippen LogP) is 0.0465. The Bertz CT molecular complexity index is 818. The summed E-state index contributed by atoms with van der Waals surface area (Å²) in [6.07, 6.45) is 1.15. The number of anilines is 2. The molecule has 118 valence electrons. The summed E-state index contributed by atoms with van der Waals surface area (Å²) in [5.74, 6) is 0.460. The van der Waals surface area contributed by atoms with E-state index in [9.17, 15) is 13.2 Å². The summed E-state index contributed by atoms with van der Waals surface area (Å²) in [5, 5.41) is 2.73. The molecule has 5 N–H and O–H groups in total. The molecule has 22 heavy (non-hydrogen) atoms. The van der Waals surface area contributed by atoms with Crippen LogP contribution in [0.3, 0.4) is 0 Å². The normalized spacial score (nSPS) is 11.4. The molecule has 2 rings (SSSR count). The fraction of sp³-hybridized carbons (Fsp3) is 0.250. The van der Waals surface area contributed by atoms with E-state index in [1.807, 2.05) is 0 Å². The van der Waals surface area contributed by atoms with E-state index in [0.29, 0.717) is 30.9 Å². The molecule has 0 fully saturated rings. The molecule has 0 atom stereocenters. The second-order valence-corrected chi connectivity index (χ2v) is 5.87. The maximum Gasteiger partial charge on any atom is 0.349 e. The molecular weight excluding hydrogens is 310 g/mol. The highest BCUT2D eigenvalue weighted by Crippen LogP contribution is 2.17. The number of rotatable bonds is 6.